The quantitative estimate of drug-likeness (QED) is 0.0612. The number of ketones is 1. The van der Waals surface area contributed by atoms with Crippen molar-refractivity contribution in [2.75, 3.05) is 55.2 Å². The molecule has 9 rings (SSSR count). The van der Waals surface area contributed by atoms with Crippen molar-refractivity contribution in [2.45, 2.75) is 102 Å². The molecule has 2 saturated carbocycles. The number of carbonyl (C=O) groups excluding carboxylic acids is 2. The summed E-state index contributed by atoms with van der Waals surface area (Å²) in [4.78, 5) is 56.5. The number of piperidine rings is 1. The number of fused-ring (bicyclic) bond motifs is 1. The van der Waals surface area contributed by atoms with E-state index in [0.717, 1.165) is 101 Å². The maximum absolute atomic E-state index is 14.1. The first-order chi connectivity index (χ1) is 32.1. The molecule has 5 aromatic rings. The van der Waals surface area contributed by atoms with Crippen LogP contribution < -0.4 is 15.0 Å². The van der Waals surface area contributed by atoms with Gasteiger partial charge in [-0.2, -0.15) is 0 Å². The Morgan fingerprint density at radius 3 is 2.46 bits per heavy atom. The number of carbonyl (C=O) groups is 2. The van der Waals surface area contributed by atoms with Crippen LogP contribution in [0, 0.1) is 27.4 Å². The van der Waals surface area contributed by atoms with Gasteiger partial charge >= 0.3 is 5.69 Å². The first-order valence-corrected chi connectivity index (χ1v) is 25.5. The topological polar surface area (TPSA) is 184 Å². The van der Waals surface area contributed by atoms with Crippen LogP contribution in [0.5, 0.6) is 11.5 Å². The summed E-state index contributed by atoms with van der Waals surface area (Å²) in [7, 11) is -4.37. The van der Waals surface area contributed by atoms with Crippen LogP contribution in [-0.2, 0) is 14.6 Å². The van der Waals surface area contributed by atoms with E-state index in [1.165, 1.54) is 11.1 Å². The SMILES string of the molecule is CC(=O)N1CCN(C2CC3(CCN(c4ccc(C(=O)CS(=O)(=O)c5cnc(NC[C@H]6CC[C@@H](C)CC6)c([N+](=O)[O-])c5)c(Oc5cnc6[nH]ccc6c5)c4)CC3)C2)[C@H](c2ccccc2C(C)C)C1. The molecular weight excluding hydrogens is 869 g/mol. The maximum Gasteiger partial charge on any atom is 0.312 e. The van der Waals surface area contributed by atoms with Gasteiger partial charge in [0.25, 0.3) is 0 Å². The van der Waals surface area contributed by atoms with Crippen LogP contribution in [0.4, 0.5) is 17.2 Å². The number of sulfone groups is 1. The summed E-state index contributed by atoms with van der Waals surface area (Å²) in [5.41, 5.74) is 4.02. The zero-order valence-corrected chi connectivity index (χ0v) is 39.8. The number of benzene rings is 2. The first kappa shape index (κ1) is 46.2. The minimum absolute atomic E-state index is 0.00929. The minimum Gasteiger partial charge on any atom is -0.455 e. The van der Waals surface area contributed by atoms with Gasteiger partial charge in [0, 0.05) is 87.8 Å². The number of piperazine rings is 1. The Labute approximate surface area is 392 Å². The summed E-state index contributed by atoms with van der Waals surface area (Å²) in [5.74, 6) is 0.434. The number of nitro groups is 1. The van der Waals surface area contributed by atoms with E-state index in [-0.39, 0.29) is 34.5 Å². The lowest BCUT2D eigenvalue weighted by molar-refractivity contribution is -0.384. The van der Waals surface area contributed by atoms with Gasteiger partial charge < -0.3 is 24.8 Å². The summed E-state index contributed by atoms with van der Waals surface area (Å²) in [5, 5.41) is 16.1. The number of aromatic nitrogens is 3. The van der Waals surface area contributed by atoms with Crippen molar-refractivity contribution < 1.29 is 27.7 Å². The highest BCUT2D eigenvalue weighted by Gasteiger charge is 2.50. The van der Waals surface area contributed by atoms with E-state index in [9.17, 15) is 28.1 Å². The van der Waals surface area contributed by atoms with Crippen LogP contribution in [0.15, 0.2) is 84.1 Å². The smallest absolute Gasteiger partial charge is 0.312 e. The molecule has 1 spiro atoms. The number of hydrogen-bond acceptors (Lipinski definition) is 12. The fourth-order valence-corrected chi connectivity index (χ4v) is 12.2. The zero-order chi connectivity index (χ0) is 47.0. The first-order valence-electron chi connectivity index (χ1n) is 23.9. The molecule has 2 aliphatic heterocycles. The maximum atomic E-state index is 14.1. The molecule has 0 unspecified atom stereocenters. The number of nitrogens with one attached hydrogen (secondary N) is 2. The van der Waals surface area contributed by atoms with Gasteiger partial charge in [0.2, 0.25) is 11.7 Å². The normalized spacial score (nSPS) is 21.4. The van der Waals surface area contributed by atoms with E-state index in [1.54, 1.807) is 37.5 Å². The van der Waals surface area contributed by atoms with Gasteiger partial charge in [-0.25, -0.2) is 18.4 Å². The number of nitrogens with zero attached hydrogens (tertiary/aromatic N) is 6. The van der Waals surface area contributed by atoms with Crippen LogP contribution in [0.25, 0.3) is 11.0 Å². The molecule has 354 valence electrons. The molecule has 2 N–H and O–H groups in total. The minimum atomic E-state index is -4.37. The third kappa shape index (κ3) is 9.92. The number of rotatable bonds is 14. The molecule has 1 atom stereocenters. The number of hydrogen-bond donors (Lipinski definition) is 2. The molecule has 16 heteroatoms. The van der Waals surface area contributed by atoms with E-state index in [2.05, 4.69) is 75.1 Å². The van der Waals surface area contributed by atoms with Crippen LogP contribution in [-0.4, -0.2) is 101 Å². The highest BCUT2D eigenvalue weighted by molar-refractivity contribution is 7.92. The molecule has 67 heavy (non-hydrogen) atoms. The molecule has 0 radical (unpaired) electrons. The average Bonchev–Trinajstić information content (AvgIpc) is 3.78. The monoisotopic (exact) mass is 930 g/mol. The van der Waals surface area contributed by atoms with Crippen molar-refractivity contribution in [1.29, 1.82) is 0 Å². The van der Waals surface area contributed by atoms with Crippen LogP contribution in [0.1, 0.15) is 113 Å². The number of amides is 1. The zero-order valence-electron chi connectivity index (χ0n) is 38.9. The predicted molar refractivity (Wildman–Crippen MR) is 259 cm³/mol. The molecule has 0 bridgehead atoms. The highest BCUT2D eigenvalue weighted by atomic mass is 32.2. The Morgan fingerprint density at radius 2 is 1.73 bits per heavy atom. The highest BCUT2D eigenvalue weighted by Crippen LogP contribution is 2.53. The second kappa shape index (κ2) is 19.0. The standard InChI is InChI=1S/C51H62N8O7S/c1-33(2)42-7-5-6-8-43(42)46-31-57(35(4)60)21-22-58(46)39-26-51(27-39)16-19-56(20-17-51)38-13-14-44(48(24-38)66-40-23-37-15-18-52-49(37)54-29-40)47(61)32-67(64,65)41-25-45(59(62)63)50(55-30-41)53-28-36-11-9-34(3)10-12-36/h5-8,13-15,18,23-25,29-30,33-34,36,39,46H,9-12,16-17,19-22,26-28,31-32H2,1-4H3,(H,52,54)(H,53,55)/t34-,36+,46-/m0/s1. The predicted octanol–water partition coefficient (Wildman–Crippen LogP) is 9.33. The molecule has 4 aliphatic rings. The van der Waals surface area contributed by atoms with Crippen LogP contribution in [0.3, 0.4) is 0 Å². The third-order valence-electron chi connectivity index (χ3n) is 15.1. The Bertz CT molecular complexity index is 2750. The van der Waals surface area contributed by atoms with Gasteiger partial charge in [-0.05, 0) is 97.1 Å². The molecule has 2 aliphatic carbocycles. The van der Waals surface area contributed by atoms with Crippen molar-refractivity contribution in [3.05, 3.63) is 106 Å². The van der Waals surface area contributed by atoms with Crippen molar-refractivity contribution in [3.8, 4) is 11.5 Å². The third-order valence-corrected chi connectivity index (χ3v) is 16.7. The molecule has 5 heterocycles. The van der Waals surface area contributed by atoms with Crippen molar-refractivity contribution in [3.63, 3.8) is 0 Å². The summed E-state index contributed by atoms with van der Waals surface area (Å²) >= 11 is 0. The number of Topliss-reactive ketones (excluding diaryl/α,β-unsaturated/α-hetero) is 1. The van der Waals surface area contributed by atoms with E-state index in [0.29, 0.717) is 48.3 Å². The largest absolute Gasteiger partial charge is 0.455 e. The molecule has 2 aromatic carbocycles. The van der Waals surface area contributed by atoms with Crippen molar-refractivity contribution in [1.82, 2.24) is 24.8 Å². The second-order valence-corrected chi connectivity index (χ2v) is 21.9. The van der Waals surface area contributed by atoms with Gasteiger partial charge in [0.1, 0.15) is 22.9 Å². The van der Waals surface area contributed by atoms with Gasteiger partial charge in [0.05, 0.1) is 27.6 Å². The van der Waals surface area contributed by atoms with E-state index in [1.807, 2.05) is 17.0 Å². The van der Waals surface area contributed by atoms with Gasteiger partial charge in [-0.15, -0.1) is 0 Å². The van der Waals surface area contributed by atoms with E-state index < -0.39 is 36.9 Å². The Balaban J connectivity index is 0.904. The molecular formula is C51H62N8O7S. The number of anilines is 2. The summed E-state index contributed by atoms with van der Waals surface area (Å²) in [6.07, 6.45) is 12.8. The number of ether oxygens (including phenoxy) is 1. The Kier molecular flexibility index (Phi) is 13.1. The fraction of sp³-hybridized carbons (Fsp3) is 0.490. The molecule has 4 fully saturated rings. The number of aromatic amines is 1. The molecule has 1 amide bonds. The van der Waals surface area contributed by atoms with E-state index >= 15 is 0 Å². The molecule has 15 nitrogen and oxygen atoms in total. The molecule has 2 saturated heterocycles. The lowest BCUT2D eigenvalue weighted by Crippen LogP contribution is -2.60. The van der Waals surface area contributed by atoms with Crippen molar-refractivity contribution >= 4 is 49.8 Å². The average molecular weight is 931 g/mol. The number of H-pyrrole nitrogens is 1. The fourth-order valence-electron chi connectivity index (χ4n) is 11.1. The van der Waals surface area contributed by atoms with E-state index in [4.69, 9.17) is 4.74 Å². The lowest BCUT2D eigenvalue weighted by Gasteiger charge is -2.58. The summed E-state index contributed by atoms with van der Waals surface area (Å²) < 4.78 is 34.1. The Morgan fingerprint density at radius 1 is 0.970 bits per heavy atom. The van der Waals surface area contributed by atoms with Crippen molar-refractivity contribution in [2.24, 2.45) is 17.3 Å². The summed E-state index contributed by atoms with van der Waals surface area (Å²) in [6.45, 7) is 12.8. The van der Waals surface area contributed by atoms with Gasteiger partial charge in [0.15, 0.2) is 15.6 Å². The number of pyridine rings is 2. The Hall–Kier alpha value is -5.87. The second-order valence-electron chi connectivity index (χ2n) is 19.9. The summed E-state index contributed by atoms with van der Waals surface area (Å²) in [6, 6.07) is 19.2. The van der Waals surface area contributed by atoms with Crippen LogP contribution in [0.2, 0.25) is 0 Å². The van der Waals surface area contributed by atoms with Gasteiger partial charge in [-0.3, -0.25) is 24.6 Å². The van der Waals surface area contributed by atoms with Crippen LogP contribution >= 0.6 is 0 Å². The van der Waals surface area contributed by atoms with Gasteiger partial charge in [-0.1, -0.05) is 57.9 Å². The molecule has 3 aromatic heterocycles. The lowest BCUT2D eigenvalue weighted by atomic mass is 9.59.